The number of hydrogen-bond acceptors (Lipinski definition) is 8. The average Bonchev–Trinajstić information content (AvgIpc) is 3.60. The summed E-state index contributed by atoms with van der Waals surface area (Å²) < 4.78 is 6.36. The molecule has 1 aromatic carbocycles. The summed E-state index contributed by atoms with van der Waals surface area (Å²) in [6, 6.07) is 9.00. The van der Waals surface area contributed by atoms with Gasteiger partial charge in [-0.25, -0.2) is 4.98 Å². The Balaban J connectivity index is 1.80. The number of likely N-dealkylation sites (N-methyl/N-ethyl adjacent to an activating group) is 1. The van der Waals surface area contributed by atoms with Gasteiger partial charge in [-0.15, -0.1) is 11.3 Å². The van der Waals surface area contributed by atoms with Crippen LogP contribution in [0.5, 0.6) is 0 Å². The molecule has 2 amide bonds. The molecular weight excluding hydrogens is 665 g/mol. The quantitative estimate of drug-likeness (QED) is 0.140. The Labute approximate surface area is 309 Å². The van der Waals surface area contributed by atoms with Crippen molar-refractivity contribution in [3.05, 3.63) is 52.0 Å². The molecule has 11 heteroatoms. The Bertz CT molecular complexity index is 1400. The molecule has 2 aromatic rings. The number of carboxylic acids is 1. The van der Waals surface area contributed by atoms with Crippen molar-refractivity contribution in [3.8, 4) is 0 Å². The van der Waals surface area contributed by atoms with Gasteiger partial charge in [0.15, 0.2) is 5.78 Å². The number of carbonyl (C=O) groups is 4. The monoisotopic (exact) mass is 726 g/mol. The molecule has 1 fully saturated rings. The van der Waals surface area contributed by atoms with E-state index in [2.05, 4.69) is 37.9 Å². The van der Waals surface area contributed by atoms with E-state index in [9.17, 15) is 24.3 Å². The number of Topliss-reactive ketones (excluding diaryl/α,β-unsaturated/α-hetero) is 1. The number of thiazole rings is 1. The Morgan fingerprint density at radius 2 is 1.78 bits per heavy atom. The third kappa shape index (κ3) is 12.5. The van der Waals surface area contributed by atoms with E-state index in [-0.39, 0.29) is 60.1 Å². The molecule has 1 unspecified atom stereocenters. The van der Waals surface area contributed by atoms with Gasteiger partial charge in [0.2, 0.25) is 5.91 Å². The summed E-state index contributed by atoms with van der Waals surface area (Å²) in [7, 11) is 3.86. The molecule has 7 atom stereocenters. The van der Waals surface area contributed by atoms with E-state index in [1.807, 2.05) is 56.3 Å². The molecule has 0 saturated carbocycles. The van der Waals surface area contributed by atoms with Crippen LogP contribution < -0.4 is 5.32 Å². The van der Waals surface area contributed by atoms with E-state index in [1.165, 1.54) is 11.3 Å². The number of amides is 2. The Morgan fingerprint density at radius 3 is 2.39 bits per heavy atom. The number of carbonyl (C=O) groups excluding carboxylic acids is 3. The summed E-state index contributed by atoms with van der Waals surface area (Å²) in [5.74, 6) is -1.99. The zero-order valence-electron chi connectivity index (χ0n) is 32.1. The number of carboxylic acid groups (broad SMARTS) is 1. The van der Waals surface area contributed by atoms with Gasteiger partial charge in [-0.3, -0.25) is 24.1 Å². The zero-order chi connectivity index (χ0) is 37.7. The van der Waals surface area contributed by atoms with Crippen LogP contribution in [-0.2, 0) is 25.5 Å². The topological polar surface area (TPSA) is 129 Å². The molecule has 0 spiro atoms. The lowest BCUT2D eigenvalue weighted by atomic mass is 9.83. The van der Waals surface area contributed by atoms with Crippen molar-refractivity contribution in [2.45, 2.75) is 124 Å². The van der Waals surface area contributed by atoms with Crippen molar-refractivity contribution in [1.29, 1.82) is 0 Å². The lowest BCUT2D eigenvalue weighted by molar-refractivity contribution is -0.143. The van der Waals surface area contributed by atoms with Crippen LogP contribution in [0.25, 0.3) is 0 Å². The number of likely N-dealkylation sites (tertiary alicyclic amines) is 1. The number of nitrogens with one attached hydrogen (secondary N) is 1. The average molecular weight is 727 g/mol. The lowest BCUT2D eigenvalue weighted by Crippen LogP contribution is -2.48. The predicted molar refractivity (Wildman–Crippen MR) is 203 cm³/mol. The van der Waals surface area contributed by atoms with Crippen molar-refractivity contribution >= 4 is 34.9 Å². The minimum atomic E-state index is -0.906. The number of benzene rings is 1. The third-order valence-corrected chi connectivity index (χ3v) is 11.5. The summed E-state index contributed by atoms with van der Waals surface area (Å²) in [4.78, 5) is 61.7. The van der Waals surface area contributed by atoms with Crippen LogP contribution in [0.15, 0.2) is 35.7 Å². The smallest absolute Gasteiger partial charge is 0.306 e. The van der Waals surface area contributed by atoms with Crippen LogP contribution in [0.2, 0.25) is 0 Å². The van der Waals surface area contributed by atoms with Gasteiger partial charge in [0, 0.05) is 49.9 Å². The van der Waals surface area contributed by atoms with Crippen molar-refractivity contribution < 1.29 is 29.0 Å². The number of hydrogen-bond donors (Lipinski definition) is 2. The molecule has 0 radical (unpaired) electrons. The van der Waals surface area contributed by atoms with E-state index < -0.39 is 30.0 Å². The number of nitrogens with zero attached hydrogens (tertiary/aromatic N) is 3. The molecule has 0 aliphatic carbocycles. The first kappa shape index (κ1) is 42.3. The fraction of sp³-hybridized carbons (Fsp3) is 0.675. The van der Waals surface area contributed by atoms with Crippen LogP contribution in [-0.4, -0.2) is 88.8 Å². The normalized spacial score (nSPS) is 18.7. The number of aliphatic carboxylic acids is 1. The highest BCUT2D eigenvalue weighted by atomic mass is 32.1. The Kier molecular flexibility index (Phi) is 17.2. The maximum Gasteiger partial charge on any atom is 0.306 e. The number of piperidine rings is 1. The molecule has 51 heavy (non-hydrogen) atoms. The number of ketones is 1. The van der Waals surface area contributed by atoms with Gasteiger partial charge in [0.25, 0.3) is 5.91 Å². The third-order valence-electron chi connectivity index (χ3n) is 10.6. The largest absolute Gasteiger partial charge is 0.481 e. The van der Waals surface area contributed by atoms with Gasteiger partial charge in [0.1, 0.15) is 16.8 Å². The molecule has 0 bridgehead atoms. The second-order valence-electron chi connectivity index (χ2n) is 14.9. The first-order valence-electron chi connectivity index (χ1n) is 18.9. The number of rotatable bonds is 21. The van der Waals surface area contributed by atoms with Gasteiger partial charge >= 0.3 is 5.97 Å². The summed E-state index contributed by atoms with van der Waals surface area (Å²) in [5, 5.41) is 15.0. The fourth-order valence-electron chi connectivity index (χ4n) is 7.09. The highest BCUT2D eigenvalue weighted by Crippen LogP contribution is 2.33. The molecule has 3 rings (SSSR count). The van der Waals surface area contributed by atoms with Gasteiger partial charge < -0.3 is 20.1 Å². The van der Waals surface area contributed by atoms with Crippen molar-refractivity contribution in [1.82, 2.24) is 20.1 Å². The molecule has 10 nitrogen and oxygen atoms in total. The van der Waals surface area contributed by atoms with Crippen molar-refractivity contribution in [2.24, 2.45) is 23.7 Å². The minimum absolute atomic E-state index is 0.0108. The first-order valence-corrected chi connectivity index (χ1v) is 19.8. The number of aromatic nitrogens is 1. The standard InChI is InChI=1S/C40H62N4O6S/c1-9-20-50-36(38-42-32(25-51-38)37(46)41-30(21-28(6)40(48)49)22-29-16-12-11-13-17-29)24-34(26(3)4)44(8)39(47)31(27(5)10-2)23-35(45)33-18-14-15-19-43(33)7/h11-13,16-17,25-28,30-31,33-34,36H,9-10,14-15,18-24H2,1-8H3,(H,41,46)(H,48,49)/t27?,28-,30+,31-,33+,34+,36+/m0/s1. The minimum Gasteiger partial charge on any atom is -0.481 e. The van der Waals surface area contributed by atoms with Gasteiger partial charge in [-0.05, 0) is 63.1 Å². The SMILES string of the molecule is CCCO[C@H](C[C@H](C(C)C)N(C)C(=O)[C@@H](CC(=O)[C@H]1CCCCN1C)C(C)CC)c1nc(C(=O)N[C@@H](Cc2ccccc2)C[C@H](C)C(=O)O)cs1. The van der Waals surface area contributed by atoms with Crippen molar-refractivity contribution in [2.75, 3.05) is 27.2 Å². The van der Waals surface area contributed by atoms with Crippen LogP contribution in [0.3, 0.4) is 0 Å². The zero-order valence-corrected chi connectivity index (χ0v) is 32.9. The second-order valence-corrected chi connectivity index (χ2v) is 15.8. The lowest BCUT2D eigenvalue weighted by Gasteiger charge is -2.38. The van der Waals surface area contributed by atoms with Crippen LogP contribution in [0, 0.1) is 23.7 Å². The summed E-state index contributed by atoms with van der Waals surface area (Å²) in [5.41, 5.74) is 1.27. The number of ether oxygens (including phenoxy) is 1. The Morgan fingerprint density at radius 1 is 1.08 bits per heavy atom. The Hall–Kier alpha value is -3.15. The molecule has 2 heterocycles. The fourth-order valence-corrected chi connectivity index (χ4v) is 7.95. The molecule has 1 aliphatic rings. The van der Waals surface area contributed by atoms with Crippen LogP contribution >= 0.6 is 11.3 Å². The van der Waals surface area contributed by atoms with Gasteiger partial charge in [0.05, 0.1) is 12.0 Å². The van der Waals surface area contributed by atoms with Gasteiger partial charge in [-0.2, -0.15) is 0 Å². The predicted octanol–water partition coefficient (Wildman–Crippen LogP) is 7.04. The molecule has 1 aliphatic heterocycles. The highest BCUT2D eigenvalue weighted by molar-refractivity contribution is 7.09. The summed E-state index contributed by atoms with van der Waals surface area (Å²) in [6.45, 7) is 13.4. The van der Waals surface area contributed by atoms with Crippen LogP contribution in [0.1, 0.15) is 120 Å². The van der Waals surface area contributed by atoms with E-state index in [0.717, 1.165) is 44.2 Å². The molecule has 1 aromatic heterocycles. The van der Waals surface area contributed by atoms with Gasteiger partial charge in [-0.1, -0.05) is 84.7 Å². The van der Waals surface area contributed by atoms with E-state index in [0.29, 0.717) is 24.5 Å². The second kappa shape index (κ2) is 20.8. The van der Waals surface area contributed by atoms with Crippen molar-refractivity contribution in [3.63, 3.8) is 0 Å². The van der Waals surface area contributed by atoms with E-state index in [4.69, 9.17) is 9.72 Å². The van der Waals surface area contributed by atoms with E-state index in [1.54, 1.807) is 12.3 Å². The van der Waals surface area contributed by atoms with E-state index >= 15 is 0 Å². The molecular formula is C40H62N4O6S. The molecule has 1 saturated heterocycles. The maximum absolute atomic E-state index is 14.3. The first-order chi connectivity index (χ1) is 24.3. The summed E-state index contributed by atoms with van der Waals surface area (Å²) in [6.07, 6.45) is 5.67. The maximum atomic E-state index is 14.3. The highest BCUT2D eigenvalue weighted by Gasteiger charge is 2.37. The molecule has 2 N–H and O–H groups in total. The summed E-state index contributed by atoms with van der Waals surface area (Å²) >= 11 is 1.36. The van der Waals surface area contributed by atoms with Crippen LogP contribution in [0.4, 0.5) is 0 Å². The molecule has 284 valence electrons.